The van der Waals surface area contributed by atoms with Crippen LogP contribution in [-0.2, 0) is 6.54 Å². The van der Waals surface area contributed by atoms with E-state index >= 15 is 0 Å². The van der Waals surface area contributed by atoms with E-state index in [1.54, 1.807) is 25.3 Å². The van der Waals surface area contributed by atoms with E-state index in [0.29, 0.717) is 22.3 Å². The highest BCUT2D eigenvalue weighted by molar-refractivity contribution is 6.25. The Labute approximate surface area is 143 Å². The van der Waals surface area contributed by atoms with E-state index in [9.17, 15) is 14.7 Å². The van der Waals surface area contributed by atoms with Crippen LogP contribution in [0.3, 0.4) is 0 Å². The number of benzene rings is 2. The molecule has 1 N–H and O–H groups in total. The molecule has 0 fully saturated rings. The van der Waals surface area contributed by atoms with Crippen LogP contribution >= 0.6 is 0 Å². The van der Waals surface area contributed by atoms with Gasteiger partial charge in [0, 0.05) is 11.6 Å². The van der Waals surface area contributed by atoms with Gasteiger partial charge in [-0.15, -0.1) is 0 Å². The summed E-state index contributed by atoms with van der Waals surface area (Å²) < 4.78 is 5.12. The zero-order valence-corrected chi connectivity index (χ0v) is 13.4. The van der Waals surface area contributed by atoms with Gasteiger partial charge in [-0.2, -0.15) is 0 Å². The van der Waals surface area contributed by atoms with E-state index < -0.39 is 11.8 Å². The third kappa shape index (κ3) is 2.30. The molecule has 2 amide bonds. The number of ether oxygens (including phenoxy) is 1. The topological polar surface area (TPSA) is 79.7 Å². The number of rotatable bonds is 3. The minimum atomic E-state index is -0.397. The number of amides is 2. The maximum Gasteiger partial charge on any atom is 0.261 e. The SMILES string of the molecule is COc1ccc(CN2C(=O)c3ccnc4c(O)ccc(c34)C2=O)cc1. The Hall–Kier alpha value is -3.41. The molecule has 6 nitrogen and oxygen atoms in total. The molecule has 2 heterocycles. The summed E-state index contributed by atoms with van der Waals surface area (Å²) in [5, 5.41) is 10.4. The molecule has 1 aromatic heterocycles. The van der Waals surface area contributed by atoms with Crippen LogP contribution in [0.2, 0.25) is 0 Å². The summed E-state index contributed by atoms with van der Waals surface area (Å²) in [6, 6.07) is 11.7. The predicted molar refractivity (Wildman–Crippen MR) is 90.6 cm³/mol. The van der Waals surface area contributed by atoms with Crippen molar-refractivity contribution in [2.45, 2.75) is 6.54 Å². The number of pyridine rings is 1. The Balaban J connectivity index is 1.78. The van der Waals surface area contributed by atoms with Gasteiger partial charge in [-0.25, -0.2) is 0 Å². The fraction of sp³-hybridized carbons (Fsp3) is 0.105. The van der Waals surface area contributed by atoms with E-state index in [0.717, 1.165) is 5.56 Å². The Bertz CT molecular complexity index is 990. The van der Waals surface area contributed by atoms with Crippen molar-refractivity contribution in [3.63, 3.8) is 0 Å². The largest absolute Gasteiger partial charge is 0.506 e. The molecule has 4 rings (SSSR count). The molecular formula is C19H14N2O4. The minimum absolute atomic E-state index is 0.0511. The minimum Gasteiger partial charge on any atom is -0.506 e. The lowest BCUT2D eigenvalue weighted by molar-refractivity contribution is 0.0598. The summed E-state index contributed by atoms with van der Waals surface area (Å²) in [7, 11) is 1.58. The molecule has 25 heavy (non-hydrogen) atoms. The highest BCUT2D eigenvalue weighted by atomic mass is 16.5. The number of hydrogen-bond acceptors (Lipinski definition) is 5. The first-order valence-corrected chi connectivity index (χ1v) is 7.70. The van der Waals surface area contributed by atoms with Gasteiger partial charge in [0.1, 0.15) is 17.0 Å². The molecule has 0 aliphatic carbocycles. The third-order valence-electron chi connectivity index (χ3n) is 4.32. The number of nitrogens with zero attached hydrogens (tertiary/aromatic N) is 2. The molecule has 0 saturated carbocycles. The second-order valence-electron chi connectivity index (χ2n) is 5.76. The van der Waals surface area contributed by atoms with E-state index in [4.69, 9.17) is 4.74 Å². The lowest BCUT2D eigenvalue weighted by Crippen LogP contribution is -2.39. The van der Waals surface area contributed by atoms with Crippen molar-refractivity contribution in [2.75, 3.05) is 7.11 Å². The van der Waals surface area contributed by atoms with Crippen molar-refractivity contribution in [2.24, 2.45) is 0 Å². The van der Waals surface area contributed by atoms with Crippen LogP contribution in [-0.4, -0.2) is 33.9 Å². The number of hydrogen-bond donors (Lipinski definition) is 1. The molecule has 0 saturated heterocycles. The van der Waals surface area contributed by atoms with Crippen molar-refractivity contribution < 1.29 is 19.4 Å². The third-order valence-corrected chi connectivity index (χ3v) is 4.32. The van der Waals surface area contributed by atoms with Crippen LogP contribution in [0.5, 0.6) is 11.5 Å². The van der Waals surface area contributed by atoms with Crippen LogP contribution in [0, 0.1) is 0 Å². The number of aromatic nitrogens is 1. The van der Waals surface area contributed by atoms with E-state index in [1.807, 2.05) is 12.1 Å². The van der Waals surface area contributed by atoms with Gasteiger partial charge in [0.25, 0.3) is 11.8 Å². The highest BCUT2D eigenvalue weighted by Crippen LogP contribution is 2.34. The number of carbonyl (C=O) groups is 2. The van der Waals surface area contributed by atoms with Gasteiger partial charge < -0.3 is 9.84 Å². The molecule has 2 aromatic carbocycles. The average Bonchev–Trinajstić information content (AvgIpc) is 2.65. The zero-order chi connectivity index (χ0) is 17.6. The van der Waals surface area contributed by atoms with Gasteiger partial charge >= 0.3 is 0 Å². The molecule has 1 aliphatic heterocycles. The maximum atomic E-state index is 12.8. The van der Waals surface area contributed by atoms with Crippen LogP contribution in [0.1, 0.15) is 26.3 Å². The average molecular weight is 334 g/mol. The monoisotopic (exact) mass is 334 g/mol. The maximum absolute atomic E-state index is 12.8. The summed E-state index contributed by atoms with van der Waals surface area (Å²) in [5.74, 6) is -0.140. The Morgan fingerprint density at radius 1 is 1.00 bits per heavy atom. The van der Waals surface area contributed by atoms with Gasteiger partial charge in [-0.05, 0) is 35.9 Å². The summed E-state index contributed by atoms with van der Waals surface area (Å²) >= 11 is 0. The standard InChI is InChI=1S/C19H14N2O4/c1-25-12-4-2-11(3-5-12)10-21-18(23)13-6-7-15(22)17-16(13)14(19(21)24)8-9-20-17/h2-9,22H,10H2,1H3. The van der Waals surface area contributed by atoms with Crippen molar-refractivity contribution >= 4 is 22.7 Å². The molecule has 0 bridgehead atoms. The fourth-order valence-electron chi connectivity index (χ4n) is 3.05. The van der Waals surface area contributed by atoms with Crippen molar-refractivity contribution in [3.05, 3.63) is 65.4 Å². The van der Waals surface area contributed by atoms with Gasteiger partial charge in [0.2, 0.25) is 0 Å². The second-order valence-corrected chi connectivity index (χ2v) is 5.76. The number of aromatic hydroxyl groups is 1. The first kappa shape index (κ1) is 15.1. The summed E-state index contributed by atoms with van der Waals surface area (Å²) in [6.45, 7) is 0.159. The van der Waals surface area contributed by atoms with E-state index in [2.05, 4.69) is 4.98 Å². The first-order valence-electron chi connectivity index (χ1n) is 7.70. The van der Waals surface area contributed by atoms with Crippen LogP contribution in [0.25, 0.3) is 10.9 Å². The molecule has 124 valence electrons. The van der Waals surface area contributed by atoms with Crippen LogP contribution < -0.4 is 4.74 Å². The smallest absolute Gasteiger partial charge is 0.261 e. The number of imide groups is 1. The Kier molecular flexibility index (Phi) is 3.39. The summed E-state index contributed by atoms with van der Waals surface area (Å²) in [4.78, 5) is 30.9. The number of methoxy groups -OCH3 is 1. The van der Waals surface area contributed by atoms with Crippen molar-refractivity contribution in [1.29, 1.82) is 0 Å². The molecule has 0 spiro atoms. The molecule has 3 aromatic rings. The number of phenolic OH excluding ortho intramolecular Hbond substituents is 1. The predicted octanol–water partition coefficient (Wildman–Crippen LogP) is 2.75. The van der Waals surface area contributed by atoms with E-state index in [1.165, 1.54) is 23.2 Å². The molecular weight excluding hydrogens is 320 g/mol. The molecule has 0 radical (unpaired) electrons. The normalized spacial score (nSPS) is 13.4. The lowest BCUT2D eigenvalue weighted by atomic mass is 9.96. The van der Waals surface area contributed by atoms with E-state index in [-0.39, 0.29) is 17.8 Å². The highest BCUT2D eigenvalue weighted by Gasteiger charge is 2.33. The number of phenols is 1. The van der Waals surface area contributed by atoms with Crippen LogP contribution in [0.4, 0.5) is 0 Å². The molecule has 1 aliphatic rings. The van der Waals surface area contributed by atoms with Gasteiger partial charge in [0.05, 0.1) is 24.8 Å². The second kappa shape index (κ2) is 5.59. The van der Waals surface area contributed by atoms with Gasteiger partial charge in [-0.3, -0.25) is 19.5 Å². The van der Waals surface area contributed by atoms with Gasteiger partial charge in [0.15, 0.2) is 0 Å². The fourth-order valence-corrected chi connectivity index (χ4v) is 3.05. The lowest BCUT2D eigenvalue weighted by Gasteiger charge is -2.27. The first-order chi connectivity index (χ1) is 12.1. The zero-order valence-electron chi connectivity index (χ0n) is 13.4. The quantitative estimate of drug-likeness (QED) is 0.745. The Morgan fingerprint density at radius 2 is 1.68 bits per heavy atom. The Morgan fingerprint density at radius 3 is 2.36 bits per heavy atom. The molecule has 0 unspecified atom stereocenters. The summed E-state index contributed by atoms with van der Waals surface area (Å²) in [6.07, 6.45) is 1.46. The molecule has 6 heteroatoms. The van der Waals surface area contributed by atoms with Crippen molar-refractivity contribution in [3.8, 4) is 11.5 Å². The van der Waals surface area contributed by atoms with Gasteiger partial charge in [-0.1, -0.05) is 12.1 Å². The van der Waals surface area contributed by atoms with Crippen molar-refractivity contribution in [1.82, 2.24) is 9.88 Å². The summed E-state index contributed by atoms with van der Waals surface area (Å²) in [5.41, 5.74) is 1.81. The van der Waals surface area contributed by atoms with Crippen LogP contribution in [0.15, 0.2) is 48.7 Å². The number of carbonyl (C=O) groups excluding carboxylic acids is 2. The molecule has 0 atom stereocenters.